The smallest absolute Gasteiger partial charge is 0.237 e. The summed E-state index contributed by atoms with van der Waals surface area (Å²) in [6.07, 6.45) is -0.418. The normalized spacial score (nSPS) is 13.7. The Hall–Kier alpha value is -2.03. The molecule has 0 aromatic heterocycles. The lowest BCUT2D eigenvalue weighted by molar-refractivity contribution is -0.126. The van der Waals surface area contributed by atoms with Crippen LogP contribution >= 0.6 is 12.4 Å². The van der Waals surface area contributed by atoms with Crippen LogP contribution in [0.3, 0.4) is 0 Å². The molecule has 29 heavy (non-hydrogen) atoms. The van der Waals surface area contributed by atoms with Gasteiger partial charge in [0.05, 0.1) is 32.4 Å². The number of halogens is 1. The summed E-state index contributed by atoms with van der Waals surface area (Å²) >= 11 is 0. The van der Waals surface area contributed by atoms with Crippen LogP contribution in [-0.4, -0.2) is 49.3 Å². The fourth-order valence-electron chi connectivity index (χ4n) is 2.69. The van der Waals surface area contributed by atoms with Gasteiger partial charge >= 0.3 is 0 Å². The van der Waals surface area contributed by atoms with Gasteiger partial charge in [-0.3, -0.25) is 9.59 Å². The van der Waals surface area contributed by atoms with Crippen LogP contribution in [0.15, 0.2) is 18.2 Å². The van der Waals surface area contributed by atoms with Crippen LogP contribution in [0.25, 0.3) is 0 Å². The number of carbonyl (C=O) groups excluding carboxylic acids is 2. The van der Waals surface area contributed by atoms with Crippen molar-refractivity contribution in [2.75, 3.05) is 14.2 Å². The van der Waals surface area contributed by atoms with Crippen molar-refractivity contribution in [3.63, 3.8) is 0 Å². The molecule has 8 nitrogen and oxygen atoms in total. The molecule has 0 saturated carbocycles. The van der Waals surface area contributed by atoms with Crippen molar-refractivity contribution in [2.24, 2.45) is 11.7 Å². The number of nitrogens with one attached hydrogen (secondary N) is 2. The van der Waals surface area contributed by atoms with Gasteiger partial charge in [0.25, 0.3) is 0 Å². The molecule has 0 bridgehead atoms. The summed E-state index contributed by atoms with van der Waals surface area (Å²) in [6, 6.07) is 3.94. The lowest BCUT2D eigenvalue weighted by Crippen LogP contribution is -2.51. The molecule has 1 aromatic rings. The second-order valence-corrected chi connectivity index (χ2v) is 7.29. The van der Waals surface area contributed by atoms with Gasteiger partial charge in [-0.05, 0) is 37.0 Å². The van der Waals surface area contributed by atoms with E-state index in [-0.39, 0.29) is 43.1 Å². The summed E-state index contributed by atoms with van der Waals surface area (Å²) in [7, 11) is 3.11. The van der Waals surface area contributed by atoms with Crippen LogP contribution in [0.2, 0.25) is 0 Å². The van der Waals surface area contributed by atoms with E-state index in [9.17, 15) is 14.7 Å². The molecule has 0 saturated heterocycles. The van der Waals surface area contributed by atoms with Crippen molar-refractivity contribution >= 4 is 24.2 Å². The molecule has 9 heteroatoms. The Morgan fingerprint density at radius 2 is 1.66 bits per heavy atom. The Bertz CT molecular complexity index is 633. The third-order valence-corrected chi connectivity index (χ3v) is 4.28. The standard InChI is InChI=1S/C20H33N3O5.ClH/c1-12(2)6-17(21)20(26)23-18(13(3)24)10-19(25)22-11-14-7-15(27-4)9-16(8-14)28-5;/h7-9,12-13,17-18,24H,6,10-11,21H2,1-5H3,(H,22,25)(H,23,26);1H/t13-,17-,18?;/m0./s1. The van der Waals surface area contributed by atoms with E-state index in [1.807, 2.05) is 13.8 Å². The Labute approximate surface area is 178 Å². The zero-order valence-electron chi connectivity index (χ0n) is 17.7. The number of hydrogen-bond acceptors (Lipinski definition) is 6. The maximum Gasteiger partial charge on any atom is 0.237 e. The Balaban J connectivity index is 0.00000784. The van der Waals surface area contributed by atoms with E-state index in [0.717, 1.165) is 5.56 Å². The van der Waals surface area contributed by atoms with Crippen LogP contribution < -0.4 is 25.8 Å². The number of benzene rings is 1. The first kappa shape index (κ1) is 27.0. The fourth-order valence-corrected chi connectivity index (χ4v) is 2.69. The van der Waals surface area contributed by atoms with Crippen molar-refractivity contribution < 1.29 is 24.2 Å². The second kappa shape index (κ2) is 13.2. The highest BCUT2D eigenvalue weighted by molar-refractivity contribution is 5.85. The molecule has 5 N–H and O–H groups in total. The van der Waals surface area contributed by atoms with E-state index < -0.39 is 18.2 Å². The highest BCUT2D eigenvalue weighted by Crippen LogP contribution is 2.22. The molecule has 2 amide bonds. The number of amides is 2. The molecular formula is C20H34ClN3O5. The van der Waals surface area contributed by atoms with Gasteiger partial charge in [-0.2, -0.15) is 0 Å². The lowest BCUT2D eigenvalue weighted by atomic mass is 10.0. The minimum Gasteiger partial charge on any atom is -0.497 e. The van der Waals surface area contributed by atoms with E-state index in [0.29, 0.717) is 17.9 Å². The third-order valence-electron chi connectivity index (χ3n) is 4.28. The molecule has 0 aliphatic rings. The first-order valence-electron chi connectivity index (χ1n) is 9.38. The third kappa shape index (κ3) is 9.83. The van der Waals surface area contributed by atoms with E-state index in [1.165, 1.54) is 6.92 Å². The van der Waals surface area contributed by atoms with Gasteiger partial charge in [0, 0.05) is 19.0 Å². The number of aliphatic hydroxyl groups is 1. The van der Waals surface area contributed by atoms with Crippen LogP contribution in [0.1, 0.15) is 39.2 Å². The van der Waals surface area contributed by atoms with Gasteiger partial charge in [-0.15, -0.1) is 12.4 Å². The number of carbonyl (C=O) groups is 2. The van der Waals surface area contributed by atoms with E-state index in [4.69, 9.17) is 15.2 Å². The van der Waals surface area contributed by atoms with Crippen LogP contribution in [-0.2, 0) is 16.1 Å². The molecule has 0 radical (unpaired) electrons. The van der Waals surface area contributed by atoms with Crippen LogP contribution in [0.4, 0.5) is 0 Å². The minimum absolute atomic E-state index is 0. The molecule has 1 aromatic carbocycles. The van der Waals surface area contributed by atoms with Gasteiger partial charge in [-0.25, -0.2) is 0 Å². The molecule has 0 spiro atoms. The molecule has 0 aliphatic heterocycles. The number of rotatable bonds is 11. The number of aliphatic hydroxyl groups excluding tert-OH is 1. The summed E-state index contributed by atoms with van der Waals surface area (Å²) < 4.78 is 10.4. The fraction of sp³-hybridized carbons (Fsp3) is 0.600. The predicted molar refractivity (Wildman–Crippen MR) is 114 cm³/mol. The summed E-state index contributed by atoms with van der Waals surface area (Å²) in [5.74, 6) is 0.845. The Morgan fingerprint density at radius 3 is 2.10 bits per heavy atom. The average molecular weight is 432 g/mol. The monoisotopic (exact) mass is 431 g/mol. The highest BCUT2D eigenvalue weighted by atomic mass is 35.5. The highest BCUT2D eigenvalue weighted by Gasteiger charge is 2.24. The molecule has 1 unspecified atom stereocenters. The molecule has 0 aliphatic carbocycles. The molecule has 0 heterocycles. The quantitative estimate of drug-likeness (QED) is 0.419. The van der Waals surface area contributed by atoms with Crippen molar-refractivity contribution in [3.8, 4) is 11.5 Å². The largest absolute Gasteiger partial charge is 0.497 e. The number of nitrogens with two attached hydrogens (primary N) is 1. The van der Waals surface area contributed by atoms with Gasteiger partial charge in [0.1, 0.15) is 11.5 Å². The second-order valence-electron chi connectivity index (χ2n) is 7.29. The molecule has 1 rings (SSSR count). The van der Waals surface area contributed by atoms with E-state index in [2.05, 4.69) is 10.6 Å². The first-order chi connectivity index (χ1) is 13.2. The zero-order valence-corrected chi connectivity index (χ0v) is 18.5. The number of ether oxygens (including phenoxy) is 2. The molecule has 166 valence electrons. The topological polar surface area (TPSA) is 123 Å². The van der Waals surface area contributed by atoms with Gasteiger partial charge in [-0.1, -0.05) is 13.8 Å². The minimum atomic E-state index is -0.891. The van der Waals surface area contributed by atoms with E-state index >= 15 is 0 Å². The van der Waals surface area contributed by atoms with Gasteiger partial charge < -0.3 is 30.9 Å². The number of hydrogen-bond donors (Lipinski definition) is 4. The molecular weight excluding hydrogens is 398 g/mol. The van der Waals surface area contributed by atoms with Crippen molar-refractivity contribution in [3.05, 3.63) is 23.8 Å². The average Bonchev–Trinajstić information content (AvgIpc) is 2.64. The van der Waals surface area contributed by atoms with Crippen molar-refractivity contribution in [2.45, 2.75) is 58.3 Å². The maximum atomic E-state index is 12.3. The predicted octanol–water partition coefficient (Wildman–Crippen LogP) is 1.37. The Morgan fingerprint density at radius 1 is 1.10 bits per heavy atom. The van der Waals surface area contributed by atoms with Crippen LogP contribution in [0.5, 0.6) is 11.5 Å². The lowest BCUT2D eigenvalue weighted by Gasteiger charge is -2.23. The summed E-state index contributed by atoms with van der Waals surface area (Å²) in [4.78, 5) is 24.5. The van der Waals surface area contributed by atoms with Crippen molar-refractivity contribution in [1.82, 2.24) is 10.6 Å². The van der Waals surface area contributed by atoms with E-state index in [1.54, 1.807) is 32.4 Å². The first-order valence-corrected chi connectivity index (χ1v) is 9.38. The summed E-state index contributed by atoms with van der Waals surface area (Å²) in [5.41, 5.74) is 6.68. The summed E-state index contributed by atoms with van der Waals surface area (Å²) in [6.45, 7) is 5.74. The Kier molecular flexibility index (Phi) is 12.3. The van der Waals surface area contributed by atoms with Gasteiger partial charge in [0.2, 0.25) is 11.8 Å². The molecule has 0 fully saturated rings. The number of methoxy groups -OCH3 is 2. The van der Waals surface area contributed by atoms with Crippen LogP contribution in [0, 0.1) is 5.92 Å². The van der Waals surface area contributed by atoms with Crippen molar-refractivity contribution in [1.29, 1.82) is 0 Å². The SMILES string of the molecule is COc1cc(CNC(=O)CC(NC(=O)[C@@H](N)CC(C)C)[C@H](C)O)cc(OC)c1.Cl. The zero-order chi connectivity index (χ0) is 21.3. The molecule has 3 atom stereocenters. The summed E-state index contributed by atoms with van der Waals surface area (Å²) in [5, 5.41) is 15.4. The van der Waals surface area contributed by atoms with Gasteiger partial charge in [0.15, 0.2) is 0 Å². The maximum absolute atomic E-state index is 12.3.